The third kappa shape index (κ3) is 4.70. The Morgan fingerprint density at radius 2 is 1.47 bits per heavy atom. The number of carbonyl (C=O) groups excluding carboxylic acids is 3. The number of nitrogens with zero attached hydrogens (tertiary/aromatic N) is 1. The summed E-state index contributed by atoms with van der Waals surface area (Å²) in [4.78, 5) is 40.8. The Labute approximate surface area is 215 Å². The van der Waals surface area contributed by atoms with Crippen molar-refractivity contribution < 1.29 is 18.8 Å². The number of rotatable bonds is 4. The van der Waals surface area contributed by atoms with E-state index in [0.717, 1.165) is 4.47 Å². The zero-order valence-corrected chi connectivity index (χ0v) is 20.5. The van der Waals surface area contributed by atoms with Crippen LogP contribution in [0.2, 0.25) is 0 Å². The van der Waals surface area contributed by atoms with Crippen molar-refractivity contribution in [3.05, 3.63) is 135 Å². The number of hydrogen-bond donors (Lipinski definition) is 1. The molecule has 1 aliphatic rings. The van der Waals surface area contributed by atoms with Crippen LogP contribution in [0, 0.1) is 5.82 Å². The van der Waals surface area contributed by atoms with Crippen LogP contribution in [-0.2, 0) is 4.79 Å². The van der Waals surface area contributed by atoms with Crippen LogP contribution in [-0.4, -0.2) is 29.0 Å². The van der Waals surface area contributed by atoms with Crippen molar-refractivity contribution in [2.75, 3.05) is 11.9 Å². The summed E-state index contributed by atoms with van der Waals surface area (Å²) in [6.07, 6.45) is 0. The van der Waals surface area contributed by atoms with Crippen molar-refractivity contribution in [2.45, 2.75) is 6.04 Å². The van der Waals surface area contributed by atoms with Crippen LogP contribution in [0.15, 0.2) is 102 Å². The molecule has 0 unspecified atom stereocenters. The average Bonchev–Trinajstić information content (AvgIpc) is 3.04. The van der Waals surface area contributed by atoms with Gasteiger partial charge in [-0.05, 0) is 48.0 Å². The number of nitrogens with one attached hydrogen (secondary N) is 1. The summed E-state index contributed by atoms with van der Waals surface area (Å²) in [6, 6.07) is 26.0. The molecule has 0 spiro atoms. The summed E-state index contributed by atoms with van der Waals surface area (Å²) in [7, 11) is 0. The van der Waals surface area contributed by atoms with Crippen molar-refractivity contribution in [1.82, 2.24) is 4.90 Å². The van der Waals surface area contributed by atoms with Gasteiger partial charge >= 0.3 is 0 Å². The molecule has 0 bridgehead atoms. The van der Waals surface area contributed by atoms with Crippen LogP contribution < -0.4 is 5.32 Å². The van der Waals surface area contributed by atoms with Crippen LogP contribution in [0.3, 0.4) is 0 Å². The molecule has 178 valence electrons. The monoisotopic (exact) mass is 542 g/mol. The Balaban J connectivity index is 1.54. The van der Waals surface area contributed by atoms with Gasteiger partial charge in [-0.2, -0.15) is 0 Å². The highest BCUT2D eigenvalue weighted by molar-refractivity contribution is 9.10. The van der Waals surface area contributed by atoms with Crippen molar-refractivity contribution in [2.24, 2.45) is 0 Å². The lowest BCUT2D eigenvalue weighted by molar-refractivity contribution is -0.117. The second-order valence-electron chi connectivity index (χ2n) is 8.44. The van der Waals surface area contributed by atoms with Crippen LogP contribution in [0.1, 0.15) is 43.4 Å². The molecule has 1 atom stereocenters. The number of benzene rings is 4. The number of fused-ring (bicyclic) bond motifs is 1. The molecular weight excluding hydrogens is 523 g/mol. The Hall–Kier alpha value is -4.10. The lowest BCUT2D eigenvalue weighted by atomic mass is 9.95. The van der Waals surface area contributed by atoms with Gasteiger partial charge in [0.1, 0.15) is 12.4 Å². The number of carbonyl (C=O) groups is 3. The Bertz CT molecular complexity index is 1450. The first-order valence-corrected chi connectivity index (χ1v) is 12.1. The van der Waals surface area contributed by atoms with Gasteiger partial charge in [0.25, 0.3) is 5.91 Å². The van der Waals surface area contributed by atoms with Gasteiger partial charge in [-0.25, -0.2) is 4.39 Å². The second kappa shape index (κ2) is 9.87. The minimum atomic E-state index is -0.643. The highest BCUT2D eigenvalue weighted by Gasteiger charge is 2.34. The molecule has 7 heteroatoms. The van der Waals surface area contributed by atoms with Crippen molar-refractivity contribution in [1.29, 1.82) is 0 Å². The first-order valence-electron chi connectivity index (χ1n) is 11.3. The van der Waals surface area contributed by atoms with Crippen LogP contribution in [0.25, 0.3) is 0 Å². The molecule has 1 aliphatic heterocycles. The highest BCUT2D eigenvalue weighted by atomic mass is 79.9. The molecule has 0 aliphatic carbocycles. The molecule has 2 amide bonds. The fourth-order valence-corrected chi connectivity index (χ4v) is 4.74. The average molecular weight is 543 g/mol. The van der Waals surface area contributed by atoms with Gasteiger partial charge in [0.15, 0.2) is 5.78 Å². The van der Waals surface area contributed by atoms with Crippen LogP contribution in [0.5, 0.6) is 0 Å². The Morgan fingerprint density at radius 3 is 2.17 bits per heavy atom. The zero-order valence-electron chi connectivity index (χ0n) is 18.9. The minimum absolute atomic E-state index is 0.147. The number of halogens is 2. The largest absolute Gasteiger partial charge is 0.324 e. The highest BCUT2D eigenvalue weighted by Crippen LogP contribution is 2.38. The lowest BCUT2D eigenvalue weighted by Crippen LogP contribution is -2.39. The van der Waals surface area contributed by atoms with Gasteiger partial charge < -0.3 is 10.2 Å². The molecule has 0 radical (unpaired) electrons. The molecule has 0 saturated heterocycles. The quantitative estimate of drug-likeness (QED) is 0.321. The maximum atomic E-state index is 13.8. The topological polar surface area (TPSA) is 66.5 Å². The van der Waals surface area contributed by atoms with Crippen LogP contribution in [0.4, 0.5) is 10.1 Å². The van der Waals surface area contributed by atoms with Crippen molar-refractivity contribution in [3.63, 3.8) is 0 Å². The smallest absolute Gasteiger partial charge is 0.255 e. The second-order valence-corrected chi connectivity index (χ2v) is 9.36. The third-order valence-corrected chi connectivity index (χ3v) is 6.58. The van der Waals surface area contributed by atoms with E-state index in [1.807, 2.05) is 12.1 Å². The van der Waals surface area contributed by atoms with Gasteiger partial charge in [-0.1, -0.05) is 70.5 Å². The van der Waals surface area contributed by atoms with Gasteiger partial charge in [0, 0.05) is 32.4 Å². The molecule has 0 saturated carbocycles. The summed E-state index contributed by atoms with van der Waals surface area (Å²) in [6.45, 7) is -0.197. The van der Waals surface area contributed by atoms with Gasteiger partial charge in [0.05, 0.1) is 6.04 Å². The summed E-state index contributed by atoms with van der Waals surface area (Å²) in [5.41, 5.74) is 3.28. The van der Waals surface area contributed by atoms with E-state index in [9.17, 15) is 18.8 Å². The van der Waals surface area contributed by atoms with E-state index < -0.39 is 11.9 Å². The standard InChI is InChI=1S/C29H20BrFN2O3/c30-22-12-15-25-24(16-22)27(18-10-13-23(31)14-11-18)33(17-26(34)32-25)29(36)21-8-6-20(7-9-21)28(35)19-4-2-1-3-5-19/h1-16,27H,17H2,(H,32,34)/t27-/m1/s1. The molecule has 1 N–H and O–H groups in total. The summed E-state index contributed by atoms with van der Waals surface area (Å²) >= 11 is 3.48. The number of anilines is 1. The molecule has 4 aromatic rings. The molecule has 5 rings (SSSR count). The molecular formula is C29H20BrFN2O3. The predicted octanol–water partition coefficient (Wildman–Crippen LogP) is 6.00. The first kappa shape index (κ1) is 23.6. The van der Waals surface area contributed by atoms with E-state index in [2.05, 4.69) is 21.2 Å². The van der Waals surface area contributed by atoms with E-state index in [0.29, 0.717) is 33.5 Å². The third-order valence-electron chi connectivity index (χ3n) is 6.08. The SMILES string of the molecule is O=C1CN(C(=O)c2ccc(C(=O)c3ccccc3)cc2)[C@H](c2ccc(F)cc2)c2cc(Br)ccc2N1. The molecule has 0 fully saturated rings. The van der Waals surface area contributed by atoms with Crippen molar-refractivity contribution in [3.8, 4) is 0 Å². The van der Waals surface area contributed by atoms with Crippen molar-refractivity contribution >= 4 is 39.2 Å². The Kier molecular flexibility index (Phi) is 6.48. The first-order chi connectivity index (χ1) is 17.4. The predicted molar refractivity (Wildman–Crippen MR) is 138 cm³/mol. The van der Waals surface area contributed by atoms with E-state index in [4.69, 9.17) is 0 Å². The van der Waals surface area contributed by atoms with Gasteiger partial charge in [-0.15, -0.1) is 0 Å². The van der Waals surface area contributed by atoms with E-state index in [1.165, 1.54) is 17.0 Å². The molecule has 0 aromatic heterocycles. The van der Waals surface area contributed by atoms with Gasteiger partial charge in [-0.3, -0.25) is 14.4 Å². The summed E-state index contributed by atoms with van der Waals surface area (Å²) in [5, 5.41) is 2.87. The Morgan fingerprint density at radius 1 is 0.833 bits per heavy atom. The maximum absolute atomic E-state index is 13.8. The zero-order chi connectivity index (χ0) is 25.2. The summed E-state index contributed by atoms with van der Waals surface area (Å²) < 4.78 is 14.5. The number of ketones is 1. The number of hydrogen-bond acceptors (Lipinski definition) is 3. The molecule has 1 heterocycles. The fraction of sp³-hybridized carbons (Fsp3) is 0.0690. The van der Waals surface area contributed by atoms with Crippen LogP contribution >= 0.6 is 15.9 Å². The maximum Gasteiger partial charge on any atom is 0.255 e. The summed E-state index contributed by atoms with van der Waals surface area (Å²) in [5.74, 6) is -1.27. The van der Waals surface area contributed by atoms with E-state index in [1.54, 1.807) is 72.8 Å². The minimum Gasteiger partial charge on any atom is -0.324 e. The number of amides is 2. The normalized spacial score (nSPS) is 15.0. The van der Waals surface area contributed by atoms with E-state index >= 15 is 0 Å². The molecule has 5 nitrogen and oxygen atoms in total. The molecule has 36 heavy (non-hydrogen) atoms. The lowest BCUT2D eigenvalue weighted by Gasteiger charge is -2.31. The fourth-order valence-electron chi connectivity index (χ4n) is 4.36. The molecule has 4 aromatic carbocycles. The van der Waals surface area contributed by atoms with E-state index in [-0.39, 0.29) is 24.1 Å². The van der Waals surface area contributed by atoms with Gasteiger partial charge in [0.2, 0.25) is 5.91 Å².